The summed E-state index contributed by atoms with van der Waals surface area (Å²) in [6.07, 6.45) is 6.92. The molecule has 1 amide bonds. The van der Waals surface area contributed by atoms with E-state index in [1.165, 1.54) is 23.1 Å². The van der Waals surface area contributed by atoms with Gasteiger partial charge in [-0.15, -0.1) is 11.3 Å². The van der Waals surface area contributed by atoms with Crippen molar-refractivity contribution < 1.29 is 4.79 Å². The molecule has 0 bridgehead atoms. The average Bonchev–Trinajstić information content (AvgIpc) is 3.30. The fraction of sp³-hybridized carbons (Fsp3) is 0.611. The largest absolute Gasteiger partial charge is 0.356 e. The number of anilines is 1. The van der Waals surface area contributed by atoms with Gasteiger partial charge in [-0.05, 0) is 38.2 Å². The van der Waals surface area contributed by atoms with Crippen LogP contribution in [-0.4, -0.2) is 47.0 Å². The lowest BCUT2D eigenvalue weighted by Crippen LogP contribution is -2.42. The maximum absolute atomic E-state index is 12.6. The Kier molecular flexibility index (Phi) is 4.39. The summed E-state index contributed by atoms with van der Waals surface area (Å²) in [5.41, 5.74) is 0. The molecule has 2 fully saturated rings. The predicted octanol–water partition coefficient (Wildman–Crippen LogP) is 3.09. The van der Waals surface area contributed by atoms with E-state index in [-0.39, 0.29) is 5.92 Å². The number of aryl methyl sites for hydroxylation is 1. The molecule has 0 aliphatic carbocycles. The van der Waals surface area contributed by atoms with Crippen molar-refractivity contribution in [2.24, 2.45) is 5.92 Å². The number of amides is 1. The molecule has 0 N–H and O–H groups in total. The lowest BCUT2D eigenvalue weighted by Gasteiger charge is -2.34. The third-order valence-electron chi connectivity index (χ3n) is 5.27. The minimum Gasteiger partial charge on any atom is -0.356 e. The van der Waals surface area contributed by atoms with Gasteiger partial charge in [0.25, 0.3) is 0 Å². The van der Waals surface area contributed by atoms with Crippen molar-refractivity contribution in [2.75, 3.05) is 31.1 Å². The second-order valence-corrected chi connectivity index (χ2v) is 7.89. The van der Waals surface area contributed by atoms with E-state index >= 15 is 0 Å². The highest BCUT2D eigenvalue weighted by Gasteiger charge is 2.30. The van der Waals surface area contributed by atoms with Crippen LogP contribution in [0.15, 0.2) is 12.4 Å². The van der Waals surface area contributed by atoms with E-state index < -0.39 is 0 Å². The van der Waals surface area contributed by atoms with Gasteiger partial charge in [0, 0.05) is 37.0 Å². The lowest BCUT2D eigenvalue weighted by molar-refractivity contribution is -0.135. The summed E-state index contributed by atoms with van der Waals surface area (Å²) in [4.78, 5) is 28.4. The van der Waals surface area contributed by atoms with Gasteiger partial charge in [-0.1, -0.05) is 6.92 Å². The fourth-order valence-corrected chi connectivity index (χ4v) is 4.78. The van der Waals surface area contributed by atoms with E-state index in [1.807, 2.05) is 0 Å². The van der Waals surface area contributed by atoms with Crippen molar-refractivity contribution in [3.05, 3.63) is 17.3 Å². The maximum Gasteiger partial charge on any atom is 0.225 e. The zero-order chi connectivity index (χ0) is 16.5. The van der Waals surface area contributed by atoms with E-state index in [9.17, 15) is 4.79 Å². The quantitative estimate of drug-likeness (QED) is 0.858. The predicted molar refractivity (Wildman–Crippen MR) is 97.5 cm³/mol. The molecule has 0 saturated carbocycles. The molecule has 2 aliphatic rings. The SMILES string of the molecule is CCc1cc2c(N3CCC(C(=O)N4CCCC4)CC3)ncnc2s1. The molecule has 4 rings (SSSR count). The zero-order valence-electron chi connectivity index (χ0n) is 14.2. The smallest absolute Gasteiger partial charge is 0.225 e. The Morgan fingerprint density at radius 2 is 1.96 bits per heavy atom. The molecule has 24 heavy (non-hydrogen) atoms. The van der Waals surface area contributed by atoms with Gasteiger partial charge in [0.2, 0.25) is 5.91 Å². The lowest BCUT2D eigenvalue weighted by atomic mass is 9.95. The van der Waals surface area contributed by atoms with Crippen molar-refractivity contribution in [1.29, 1.82) is 0 Å². The van der Waals surface area contributed by atoms with Crippen LogP contribution in [0.25, 0.3) is 10.2 Å². The molecule has 2 aromatic heterocycles. The molecule has 0 spiro atoms. The van der Waals surface area contributed by atoms with E-state index in [0.717, 1.165) is 56.1 Å². The van der Waals surface area contributed by atoms with Crippen molar-refractivity contribution in [3.8, 4) is 0 Å². The van der Waals surface area contributed by atoms with Gasteiger partial charge < -0.3 is 9.80 Å². The number of rotatable bonds is 3. The molecule has 2 saturated heterocycles. The summed E-state index contributed by atoms with van der Waals surface area (Å²) in [5, 5.41) is 1.17. The first-order chi connectivity index (χ1) is 11.8. The molecule has 2 aromatic rings. The molecular weight excluding hydrogens is 320 g/mol. The number of fused-ring (bicyclic) bond motifs is 1. The zero-order valence-corrected chi connectivity index (χ0v) is 15.0. The Morgan fingerprint density at radius 1 is 1.21 bits per heavy atom. The summed E-state index contributed by atoms with van der Waals surface area (Å²) in [7, 11) is 0. The number of hydrogen-bond acceptors (Lipinski definition) is 5. The number of aromatic nitrogens is 2. The van der Waals surface area contributed by atoms with Gasteiger partial charge in [-0.3, -0.25) is 4.79 Å². The Hall–Kier alpha value is -1.69. The molecule has 2 aliphatic heterocycles. The first-order valence-corrected chi connectivity index (χ1v) is 9.85. The Balaban J connectivity index is 1.47. The van der Waals surface area contributed by atoms with Crippen LogP contribution in [0.2, 0.25) is 0 Å². The number of likely N-dealkylation sites (tertiary alicyclic amines) is 1. The molecular formula is C18H24N4OS. The summed E-state index contributed by atoms with van der Waals surface area (Å²) in [6.45, 7) is 5.91. The first-order valence-electron chi connectivity index (χ1n) is 9.03. The number of hydrogen-bond donors (Lipinski definition) is 0. The highest BCUT2D eigenvalue weighted by Crippen LogP contribution is 2.33. The van der Waals surface area contributed by atoms with Gasteiger partial charge in [0.05, 0.1) is 5.39 Å². The minimum atomic E-state index is 0.199. The topological polar surface area (TPSA) is 49.3 Å². The van der Waals surface area contributed by atoms with E-state index in [1.54, 1.807) is 17.7 Å². The van der Waals surface area contributed by atoms with Crippen molar-refractivity contribution in [1.82, 2.24) is 14.9 Å². The Morgan fingerprint density at radius 3 is 2.67 bits per heavy atom. The fourth-order valence-electron chi connectivity index (χ4n) is 3.85. The van der Waals surface area contributed by atoms with Gasteiger partial charge in [-0.25, -0.2) is 9.97 Å². The molecule has 0 radical (unpaired) electrons. The van der Waals surface area contributed by atoms with E-state index in [2.05, 4.69) is 32.8 Å². The van der Waals surface area contributed by atoms with E-state index in [0.29, 0.717) is 5.91 Å². The van der Waals surface area contributed by atoms with Crippen LogP contribution in [0.1, 0.15) is 37.5 Å². The summed E-state index contributed by atoms with van der Waals surface area (Å²) in [6, 6.07) is 2.23. The number of carbonyl (C=O) groups excluding carboxylic acids is 1. The normalized spacial score (nSPS) is 19.4. The van der Waals surface area contributed by atoms with E-state index in [4.69, 9.17) is 0 Å². The van der Waals surface area contributed by atoms with Crippen LogP contribution >= 0.6 is 11.3 Å². The monoisotopic (exact) mass is 344 g/mol. The number of thiophene rings is 1. The van der Waals surface area contributed by atoms with Gasteiger partial charge >= 0.3 is 0 Å². The Labute approximate surface area is 146 Å². The third-order valence-corrected chi connectivity index (χ3v) is 6.46. The van der Waals surface area contributed by atoms with Crippen LogP contribution in [0, 0.1) is 5.92 Å². The van der Waals surface area contributed by atoms with Crippen LogP contribution < -0.4 is 4.90 Å². The molecule has 5 nitrogen and oxygen atoms in total. The second-order valence-electron chi connectivity index (χ2n) is 6.78. The average molecular weight is 344 g/mol. The number of carbonyl (C=O) groups is 1. The second kappa shape index (κ2) is 6.67. The van der Waals surface area contributed by atoms with Gasteiger partial charge in [0.15, 0.2) is 0 Å². The molecule has 0 atom stereocenters. The molecule has 6 heteroatoms. The van der Waals surface area contributed by atoms with Crippen LogP contribution in [-0.2, 0) is 11.2 Å². The highest BCUT2D eigenvalue weighted by molar-refractivity contribution is 7.18. The summed E-state index contributed by atoms with van der Waals surface area (Å²) < 4.78 is 0. The summed E-state index contributed by atoms with van der Waals surface area (Å²) in [5.74, 6) is 1.62. The van der Waals surface area contributed by atoms with Gasteiger partial charge in [0.1, 0.15) is 17.0 Å². The number of piperidine rings is 1. The molecule has 0 unspecified atom stereocenters. The minimum absolute atomic E-state index is 0.199. The van der Waals surface area contributed by atoms with Gasteiger partial charge in [-0.2, -0.15) is 0 Å². The standard InChI is InChI=1S/C18H24N4OS/c1-2-14-11-15-16(19-12-20-17(15)24-14)21-9-5-13(6-10-21)18(23)22-7-3-4-8-22/h11-13H,2-10H2,1H3. The van der Waals surface area contributed by atoms with Crippen molar-refractivity contribution in [2.45, 2.75) is 39.0 Å². The van der Waals surface area contributed by atoms with Crippen molar-refractivity contribution in [3.63, 3.8) is 0 Å². The first kappa shape index (κ1) is 15.8. The number of nitrogens with zero attached hydrogens (tertiary/aromatic N) is 4. The highest BCUT2D eigenvalue weighted by atomic mass is 32.1. The summed E-state index contributed by atoms with van der Waals surface area (Å²) >= 11 is 1.76. The van der Waals surface area contributed by atoms with Crippen LogP contribution in [0.3, 0.4) is 0 Å². The molecule has 4 heterocycles. The maximum atomic E-state index is 12.6. The van der Waals surface area contributed by atoms with Crippen LogP contribution in [0.5, 0.6) is 0 Å². The molecule has 128 valence electrons. The Bertz CT molecular complexity index is 730. The van der Waals surface area contributed by atoms with Crippen molar-refractivity contribution >= 4 is 33.3 Å². The van der Waals surface area contributed by atoms with Crippen LogP contribution in [0.4, 0.5) is 5.82 Å². The molecule has 0 aromatic carbocycles. The third kappa shape index (κ3) is 2.88.